The highest BCUT2D eigenvalue weighted by atomic mass is 16.5. The van der Waals surface area contributed by atoms with E-state index in [1.165, 1.54) is 5.56 Å². The largest absolute Gasteiger partial charge is 0.438 e. The predicted molar refractivity (Wildman–Crippen MR) is 85.9 cm³/mol. The van der Waals surface area contributed by atoms with Gasteiger partial charge in [0.1, 0.15) is 5.75 Å². The van der Waals surface area contributed by atoms with Crippen LogP contribution in [0.2, 0.25) is 0 Å². The van der Waals surface area contributed by atoms with E-state index in [0.29, 0.717) is 5.88 Å². The van der Waals surface area contributed by atoms with Crippen LogP contribution in [0, 0.1) is 0 Å². The van der Waals surface area contributed by atoms with Gasteiger partial charge in [0, 0.05) is 44.1 Å². The highest BCUT2D eigenvalue weighted by molar-refractivity contribution is 5.29. The SMILES string of the molecule is CC1(C)CN(Cc2ccc(Oc3cnccn3)cc2)CCN1. The minimum atomic E-state index is 0.188. The first-order chi connectivity index (χ1) is 10.6. The van der Waals surface area contributed by atoms with E-state index in [2.05, 4.69) is 46.2 Å². The third-order valence-electron chi connectivity index (χ3n) is 3.74. The minimum absolute atomic E-state index is 0.188. The summed E-state index contributed by atoms with van der Waals surface area (Å²) in [6, 6.07) is 8.19. The van der Waals surface area contributed by atoms with Crippen LogP contribution < -0.4 is 10.1 Å². The van der Waals surface area contributed by atoms with E-state index in [1.807, 2.05) is 12.1 Å². The summed E-state index contributed by atoms with van der Waals surface area (Å²) in [4.78, 5) is 10.6. The van der Waals surface area contributed by atoms with Gasteiger partial charge >= 0.3 is 0 Å². The van der Waals surface area contributed by atoms with Crippen LogP contribution in [0.25, 0.3) is 0 Å². The van der Waals surface area contributed by atoms with Crippen LogP contribution in [0.1, 0.15) is 19.4 Å². The fraction of sp³-hybridized carbons (Fsp3) is 0.412. The van der Waals surface area contributed by atoms with Crippen LogP contribution in [0.5, 0.6) is 11.6 Å². The number of piperazine rings is 1. The molecule has 1 aliphatic heterocycles. The maximum Gasteiger partial charge on any atom is 0.237 e. The van der Waals surface area contributed by atoms with Gasteiger partial charge in [-0.15, -0.1) is 0 Å². The number of ether oxygens (including phenoxy) is 1. The van der Waals surface area contributed by atoms with Gasteiger partial charge in [-0.25, -0.2) is 4.98 Å². The zero-order valence-corrected chi connectivity index (χ0v) is 13.1. The summed E-state index contributed by atoms with van der Waals surface area (Å²) < 4.78 is 5.66. The van der Waals surface area contributed by atoms with Crippen molar-refractivity contribution in [2.24, 2.45) is 0 Å². The summed E-state index contributed by atoms with van der Waals surface area (Å²) in [6.07, 6.45) is 4.86. The standard InChI is InChI=1S/C17H22N4O/c1-17(2)13-21(10-9-20-17)12-14-3-5-15(6-4-14)22-16-11-18-7-8-19-16/h3-8,11,20H,9-10,12-13H2,1-2H3. The van der Waals surface area contributed by atoms with Gasteiger partial charge in [-0.2, -0.15) is 0 Å². The Labute approximate surface area is 131 Å². The summed E-state index contributed by atoms with van der Waals surface area (Å²) in [5.41, 5.74) is 1.48. The maximum atomic E-state index is 5.66. The lowest BCUT2D eigenvalue weighted by molar-refractivity contribution is 0.148. The predicted octanol–water partition coefficient (Wildman–Crippen LogP) is 2.45. The van der Waals surface area contributed by atoms with Crippen LogP contribution in [0.4, 0.5) is 0 Å². The normalized spacial score (nSPS) is 18.1. The number of nitrogens with zero attached hydrogens (tertiary/aromatic N) is 3. The Morgan fingerprint density at radius 3 is 2.73 bits per heavy atom. The summed E-state index contributed by atoms with van der Waals surface area (Å²) in [7, 11) is 0. The van der Waals surface area contributed by atoms with E-state index >= 15 is 0 Å². The average Bonchev–Trinajstić information content (AvgIpc) is 2.49. The third kappa shape index (κ3) is 4.02. The van der Waals surface area contributed by atoms with E-state index in [0.717, 1.165) is 31.9 Å². The van der Waals surface area contributed by atoms with Crippen LogP contribution in [-0.2, 0) is 6.54 Å². The third-order valence-corrected chi connectivity index (χ3v) is 3.74. The number of nitrogens with one attached hydrogen (secondary N) is 1. The van der Waals surface area contributed by atoms with Crippen molar-refractivity contribution < 1.29 is 4.74 Å². The molecule has 0 aliphatic carbocycles. The molecule has 1 saturated heterocycles. The Morgan fingerprint density at radius 1 is 1.23 bits per heavy atom. The molecule has 5 nitrogen and oxygen atoms in total. The number of hydrogen-bond donors (Lipinski definition) is 1. The molecule has 1 aromatic heterocycles. The summed E-state index contributed by atoms with van der Waals surface area (Å²) in [5.74, 6) is 1.30. The van der Waals surface area contributed by atoms with Gasteiger partial charge in [-0.05, 0) is 31.5 Å². The number of hydrogen-bond acceptors (Lipinski definition) is 5. The van der Waals surface area contributed by atoms with Gasteiger partial charge in [-0.3, -0.25) is 9.88 Å². The first-order valence-electron chi connectivity index (χ1n) is 7.61. The number of benzene rings is 1. The second kappa shape index (κ2) is 6.42. The number of rotatable bonds is 4. The number of aromatic nitrogens is 2. The van der Waals surface area contributed by atoms with E-state index < -0.39 is 0 Å². The molecule has 1 N–H and O–H groups in total. The first-order valence-corrected chi connectivity index (χ1v) is 7.61. The summed E-state index contributed by atoms with van der Waals surface area (Å²) >= 11 is 0. The van der Waals surface area contributed by atoms with Crippen molar-refractivity contribution in [1.29, 1.82) is 0 Å². The second-order valence-corrected chi connectivity index (χ2v) is 6.31. The highest BCUT2D eigenvalue weighted by Gasteiger charge is 2.25. The van der Waals surface area contributed by atoms with Crippen molar-refractivity contribution in [3.63, 3.8) is 0 Å². The summed E-state index contributed by atoms with van der Waals surface area (Å²) in [5, 5.41) is 3.54. The molecule has 5 heteroatoms. The molecule has 0 unspecified atom stereocenters. The zero-order valence-electron chi connectivity index (χ0n) is 13.1. The molecule has 0 radical (unpaired) electrons. The van der Waals surface area contributed by atoms with Crippen molar-refractivity contribution in [3.05, 3.63) is 48.4 Å². The lowest BCUT2D eigenvalue weighted by atomic mass is 10.0. The Morgan fingerprint density at radius 2 is 2.05 bits per heavy atom. The quantitative estimate of drug-likeness (QED) is 0.939. The van der Waals surface area contributed by atoms with E-state index in [-0.39, 0.29) is 5.54 Å². The lowest BCUT2D eigenvalue weighted by Gasteiger charge is -2.39. The molecule has 1 fully saturated rings. The molecule has 1 aliphatic rings. The molecule has 0 amide bonds. The molecule has 22 heavy (non-hydrogen) atoms. The first kappa shape index (κ1) is 14.9. The van der Waals surface area contributed by atoms with Crippen LogP contribution in [0.15, 0.2) is 42.9 Å². The molecule has 116 valence electrons. The minimum Gasteiger partial charge on any atom is -0.438 e. The molecule has 0 spiro atoms. The summed E-state index contributed by atoms with van der Waals surface area (Å²) in [6.45, 7) is 8.65. The van der Waals surface area contributed by atoms with E-state index in [9.17, 15) is 0 Å². The smallest absolute Gasteiger partial charge is 0.237 e. The highest BCUT2D eigenvalue weighted by Crippen LogP contribution is 2.20. The van der Waals surface area contributed by atoms with Crippen molar-refractivity contribution in [1.82, 2.24) is 20.2 Å². The second-order valence-electron chi connectivity index (χ2n) is 6.31. The van der Waals surface area contributed by atoms with Crippen LogP contribution >= 0.6 is 0 Å². The van der Waals surface area contributed by atoms with Crippen molar-refractivity contribution in [3.8, 4) is 11.6 Å². The fourth-order valence-corrected chi connectivity index (χ4v) is 2.76. The van der Waals surface area contributed by atoms with Crippen molar-refractivity contribution in [2.45, 2.75) is 25.9 Å². The topological polar surface area (TPSA) is 50.3 Å². The van der Waals surface area contributed by atoms with Gasteiger partial charge in [-0.1, -0.05) is 12.1 Å². The van der Waals surface area contributed by atoms with Gasteiger partial charge in [0.2, 0.25) is 5.88 Å². The monoisotopic (exact) mass is 298 g/mol. The molecule has 3 rings (SSSR count). The van der Waals surface area contributed by atoms with Gasteiger partial charge in [0.25, 0.3) is 0 Å². The van der Waals surface area contributed by atoms with Gasteiger partial charge in [0.15, 0.2) is 0 Å². The van der Waals surface area contributed by atoms with E-state index in [1.54, 1.807) is 18.6 Å². The van der Waals surface area contributed by atoms with Crippen molar-refractivity contribution >= 4 is 0 Å². The zero-order chi connectivity index (χ0) is 15.4. The fourth-order valence-electron chi connectivity index (χ4n) is 2.76. The van der Waals surface area contributed by atoms with Crippen LogP contribution in [-0.4, -0.2) is 40.0 Å². The average molecular weight is 298 g/mol. The Hall–Kier alpha value is -1.98. The molecular formula is C17H22N4O. The maximum absolute atomic E-state index is 5.66. The molecular weight excluding hydrogens is 276 g/mol. The molecule has 2 aromatic rings. The molecule has 0 saturated carbocycles. The van der Waals surface area contributed by atoms with E-state index in [4.69, 9.17) is 4.74 Å². The van der Waals surface area contributed by atoms with Crippen LogP contribution in [0.3, 0.4) is 0 Å². The lowest BCUT2D eigenvalue weighted by Crippen LogP contribution is -2.56. The molecule has 2 heterocycles. The molecule has 0 atom stereocenters. The Balaban J connectivity index is 1.60. The Bertz CT molecular complexity index is 598. The Kier molecular flexibility index (Phi) is 4.36. The van der Waals surface area contributed by atoms with Gasteiger partial charge in [0.05, 0.1) is 6.20 Å². The molecule has 0 bridgehead atoms. The van der Waals surface area contributed by atoms with Crippen molar-refractivity contribution in [2.75, 3.05) is 19.6 Å². The molecule has 1 aromatic carbocycles. The van der Waals surface area contributed by atoms with Gasteiger partial charge < -0.3 is 10.1 Å².